The molecule has 108 valence electrons. The monoisotopic (exact) mass is 294 g/mol. The first-order valence-electron chi connectivity index (χ1n) is 6.81. The topological polar surface area (TPSA) is 74.6 Å². The summed E-state index contributed by atoms with van der Waals surface area (Å²) in [6, 6.07) is 7.59. The Morgan fingerprint density at radius 2 is 1.65 bits per heavy atom. The smallest absolute Gasteiger partial charge is 0.328 e. The van der Waals surface area contributed by atoms with Gasteiger partial charge in [-0.05, 0) is 30.4 Å². The number of rotatable bonds is 5. The summed E-state index contributed by atoms with van der Waals surface area (Å²) in [5.41, 5.74) is 1.10. The fraction of sp³-hybridized carbons (Fsp3) is 0.467. The van der Waals surface area contributed by atoms with Gasteiger partial charge in [-0.2, -0.15) is 0 Å². The van der Waals surface area contributed by atoms with E-state index < -0.39 is 17.2 Å². The lowest BCUT2D eigenvalue weighted by Gasteiger charge is -2.24. The van der Waals surface area contributed by atoms with Crippen LogP contribution in [0.3, 0.4) is 0 Å². The summed E-state index contributed by atoms with van der Waals surface area (Å²) in [5.74, 6) is -2.18. The van der Waals surface area contributed by atoms with Crippen LogP contribution in [0.4, 0.5) is 0 Å². The molecule has 1 aliphatic rings. The first kappa shape index (κ1) is 14.9. The molecule has 5 heteroatoms. The highest BCUT2D eigenvalue weighted by Gasteiger charge is 2.29. The summed E-state index contributed by atoms with van der Waals surface area (Å²) in [6.45, 7) is 0. The number of thioether (sulfide) groups is 1. The van der Waals surface area contributed by atoms with E-state index in [1.807, 2.05) is 24.3 Å². The van der Waals surface area contributed by atoms with Gasteiger partial charge in [0, 0.05) is 4.90 Å². The van der Waals surface area contributed by atoms with Crippen molar-refractivity contribution in [2.75, 3.05) is 0 Å². The van der Waals surface area contributed by atoms with Gasteiger partial charge in [0.25, 0.3) is 0 Å². The van der Waals surface area contributed by atoms with Crippen molar-refractivity contribution in [2.45, 2.75) is 48.2 Å². The molecule has 1 aromatic carbocycles. The number of hydrogen-bond donors (Lipinski definition) is 2. The van der Waals surface area contributed by atoms with Gasteiger partial charge in [-0.3, -0.25) is 9.59 Å². The highest BCUT2D eigenvalue weighted by molar-refractivity contribution is 8.01. The van der Waals surface area contributed by atoms with Crippen LogP contribution in [0.5, 0.6) is 0 Å². The van der Waals surface area contributed by atoms with E-state index >= 15 is 0 Å². The van der Waals surface area contributed by atoms with E-state index in [0.29, 0.717) is 5.92 Å². The SMILES string of the molecule is O=C(O)C(Sc1ccccc1C1CCCCC1)C(=O)O. The van der Waals surface area contributed by atoms with Gasteiger partial charge in [0.2, 0.25) is 5.25 Å². The number of hydrogen-bond acceptors (Lipinski definition) is 3. The van der Waals surface area contributed by atoms with Crippen molar-refractivity contribution in [3.05, 3.63) is 29.8 Å². The average molecular weight is 294 g/mol. The maximum atomic E-state index is 11.0. The van der Waals surface area contributed by atoms with E-state index in [1.165, 1.54) is 19.3 Å². The number of carboxylic acid groups (broad SMARTS) is 2. The van der Waals surface area contributed by atoms with Crippen molar-refractivity contribution in [1.82, 2.24) is 0 Å². The number of aliphatic carboxylic acids is 2. The first-order chi connectivity index (χ1) is 9.59. The fourth-order valence-electron chi connectivity index (χ4n) is 2.67. The molecule has 4 nitrogen and oxygen atoms in total. The molecule has 1 aliphatic carbocycles. The lowest BCUT2D eigenvalue weighted by Crippen LogP contribution is -2.26. The van der Waals surface area contributed by atoms with Crippen LogP contribution >= 0.6 is 11.8 Å². The van der Waals surface area contributed by atoms with Crippen molar-refractivity contribution in [2.24, 2.45) is 0 Å². The molecule has 0 bridgehead atoms. The van der Waals surface area contributed by atoms with Gasteiger partial charge < -0.3 is 10.2 Å². The van der Waals surface area contributed by atoms with Gasteiger partial charge in [-0.15, -0.1) is 0 Å². The van der Waals surface area contributed by atoms with E-state index in [9.17, 15) is 9.59 Å². The van der Waals surface area contributed by atoms with Crippen molar-refractivity contribution in [3.8, 4) is 0 Å². The van der Waals surface area contributed by atoms with E-state index in [4.69, 9.17) is 10.2 Å². The standard InChI is InChI=1S/C15H18O4S/c16-14(17)13(15(18)19)20-12-9-5-4-8-11(12)10-6-2-1-3-7-10/h4-5,8-10,13H,1-3,6-7H2,(H,16,17)(H,18,19). The van der Waals surface area contributed by atoms with Crippen LogP contribution in [0.15, 0.2) is 29.2 Å². The van der Waals surface area contributed by atoms with Crippen LogP contribution in [0.1, 0.15) is 43.6 Å². The van der Waals surface area contributed by atoms with E-state index in [0.717, 1.165) is 35.1 Å². The van der Waals surface area contributed by atoms with Crippen LogP contribution in [0, 0.1) is 0 Å². The summed E-state index contributed by atoms with van der Waals surface area (Å²) in [6.07, 6.45) is 5.82. The largest absolute Gasteiger partial charge is 0.480 e. The molecule has 1 fully saturated rings. The molecule has 1 aromatic rings. The van der Waals surface area contributed by atoms with Crippen LogP contribution in [-0.2, 0) is 9.59 Å². The molecule has 1 saturated carbocycles. The zero-order valence-corrected chi connectivity index (χ0v) is 11.9. The van der Waals surface area contributed by atoms with Gasteiger partial charge >= 0.3 is 11.9 Å². The molecule has 0 unspecified atom stereocenters. The lowest BCUT2D eigenvalue weighted by atomic mass is 9.84. The zero-order chi connectivity index (χ0) is 14.5. The first-order valence-corrected chi connectivity index (χ1v) is 7.68. The fourth-order valence-corrected chi connectivity index (χ4v) is 3.66. The lowest BCUT2D eigenvalue weighted by molar-refractivity contribution is -0.146. The zero-order valence-electron chi connectivity index (χ0n) is 11.1. The normalized spacial score (nSPS) is 16.2. The van der Waals surface area contributed by atoms with Crippen molar-refractivity contribution in [3.63, 3.8) is 0 Å². The highest BCUT2D eigenvalue weighted by Crippen LogP contribution is 2.38. The van der Waals surface area contributed by atoms with E-state index in [1.54, 1.807) is 0 Å². The Labute approximate surface area is 122 Å². The molecular weight excluding hydrogens is 276 g/mol. The predicted molar refractivity (Wildman–Crippen MR) is 77.2 cm³/mol. The van der Waals surface area contributed by atoms with Crippen molar-refractivity contribution in [1.29, 1.82) is 0 Å². The predicted octanol–water partition coefficient (Wildman–Crippen LogP) is 3.36. The number of carboxylic acids is 2. The molecule has 2 N–H and O–H groups in total. The average Bonchev–Trinajstić information content (AvgIpc) is 2.45. The Morgan fingerprint density at radius 3 is 2.25 bits per heavy atom. The van der Waals surface area contributed by atoms with Gasteiger partial charge in [0.05, 0.1) is 0 Å². The van der Waals surface area contributed by atoms with E-state index in [2.05, 4.69) is 0 Å². The number of carbonyl (C=O) groups is 2. The van der Waals surface area contributed by atoms with Crippen molar-refractivity contribution >= 4 is 23.7 Å². The van der Waals surface area contributed by atoms with Gasteiger partial charge in [-0.25, -0.2) is 0 Å². The van der Waals surface area contributed by atoms with Gasteiger partial charge in [-0.1, -0.05) is 49.2 Å². The molecule has 2 rings (SSSR count). The third-order valence-corrected chi connectivity index (χ3v) is 4.92. The molecule has 20 heavy (non-hydrogen) atoms. The third-order valence-electron chi connectivity index (χ3n) is 3.66. The number of benzene rings is 1. The second-order valence-corrected chi connectivity index (χ2v) is 6.19. The highest BCUT2D eigenvalue weighted by atomic mass is 32.2. The molecule has 0 spiro atoms. The Hall–Kier alpha value is -1.49. The molecule has 0 amide bonds. The summed E-state index contributed by atoms with van der Waals surface area (Å²) in [4.78, 5) is 22.8. The quantitative estimate of drug-likeness (QED) is 0.643. The summed E-state index contributed by atoms with van der Waals surface area (Å²) in [7, 11) is 0. The Balaban J connectivity index is 2.22. The summed E-state index contributed by atoms with van der Waals surface area (Å²) in [5, 5.41) is 16.6. The molecule has 0 aromatic heterocycles. The summed E-state index contributed by atoms with van der Waals surface area (Å²) < 4.78 is 0. The molecule has 0 atom stereocenters. The minimum Gasteiger partial charge on any atom is -0.480 e. The molecule has 0 heterocycles. The maximum Gasteiger partial charge on any atom is 0.328 e. The minimum absolute atomic E-state index is 0.427. The van der Waals surface area contributed by atoms with Crippen molar-refractivity contribution < 1.29 is 19.8 Å². The Morgan fingerprint density at radius 1 is 1.05 bits per heavy atom. The Kier molecular flexibility index (Phi) is 5.06. The van der Waals surface area contributed by atoms with Crippen LogP contribution in [0.25, 0.3) is 0 Å². The molecular formula is C15H18O4S. The van der Waals surface area contributed by atoms with Crippen LogP contribution in [-0.4, -0.2) is 27.4 Å². The van der Waals surface area contributed by atoms with E-state index in [-0.39, 0.29) is 0 Å². The maximum absolute atomic E-state index is 11.0. The second-order valence-electron chi connectivity index (χ2n) is 5.05. The van der Waals surface area contributed by atoms with Crippen LogP contribution < -0.4 is 0 Å². The third kappa shape index (κ3) is 3.54. The molecule has 0 aliphatic heterocycles. The molecule has 0 saturated heterocycles. The minimum atomic E-state index is -1.44. The van der Waals surface area contributed by atoms with Gasteiger partial charge in [0.15, 0.2) is 0 Å². The Bertz CT molecular complexity index is 480. The molecule has 0 radical (unpaired) electrons. The summed E-state index contributed by atoms with van der Waals surface area (Å²) >= 11 is 0.926. The van der Waals surface area contributed by atoms with Gasteiger partial charge in [0.1, 0.15) is 0 Å². The second kappa shape index (κ2) is 6.79. The van der Waals surface area contributed by atoms with Crippen LogP contribution in [0.2, 0.25) is 0 Å².